The minimum atomic E-state index is -0.224. The molecule has 0 saturated carbocycles. The first-order valence-electron chi connectivity index (χ1n) is 6.33. The van der Waals surface area contributed by atoms with Crippen LogP contribution in [0.15, 0.2) is 22.7 Å². The van der Waals surface area contributed by atoms with Crippen molar-refractivity contribution < 1.29 is 9.53 Å². The Bertz CT molecular complexity index is 459. The highest BCUT2D eigenvalue weighted by atomic mass is 79.9. The molecule has 0 atom stereocenters. The minimum Gasteiger partial charge on any atom is -0.450 e. The van der Waals surface area contributed by atoms with Crippen LogP contribution in [0, 0.1) is 0 Å². The van der Waals surface area contributed by atoms with Crippen LogP contribution in [0.3, 0.4) is 0 Å². The van der Waals surface area contributed by atoms with Gasteiger partial charge in [-0.1, -0.05) is 0 Å². The normalized spacial score (nSPS) is 15.5. The highest BCUT2D eigenvalue weighted by Crippen LogP contribution is 2.29. The molecule has 1 saturated heterocycles. The van der Waals surface area contributed by atoms with Gasteiger partial charge in [0.15, 0.2) is 0 Å². The van der Waals surface area contributed by atoms with Crippen LogP contribution in [-0.4, -0.2) is 43.8 Å². The van der Waals surface area contributed by atoms with Gasteiger partial charge in [-0.15, -0.1) is 0 Å². The summed E-state index contributed by atoms with van der Waals surface area (Å²) in [5.74, 6) is 0. The van der Waals surface area contributed by atoms with Gasteiger partial charge in [-0.2, -0.15) is 0 Å². The van der Waals surface area contributed by atoms with Crippen molar-refractivity contribution in [2.24, 2.45) is 0 Å². The quantitative estimate of drug-likeness (QED) is 0.847. The van der Waals surface area contributed by atoms with E-state index >= 15 is 0 Å². The summed E-state index contributed by atoms with van der Waals surface area (Å²) >= 11 is 3.52. The molecule has 1 aromatic carbocycles. The van der Waals surface area contributed by atoms with Crippen LogP contribution < -0.4 is 10.6 Å². The van der Waals surface area contributed by atoms with Gasteiger partial charge in [-0.3, -0.25) is 0 Å². The van der Waals surface area contributed by atoms with Crippen molar-refractivity contribution >= 4 is 33.4 Å². The average molecular weight is 328 g/mol. The molecule has 19 heavy (non-hydrogen) atoms. The lowest BCUT2D eigenvalue weighted by Crippen LogP contribution is -2.49. The van der Waals surface area contributed by atoms with E-state index in [1.54, 1.807) is 4.90 Å². The smallest absolute Gasteiger partial charge is 0.409 e. The van der Waals surface area contributed by atoms with Gasteiger partial charge in [-0.05, 0) is 41.1 Å². The fraction of sp³-hybridized carbons (Fsp3) is 0.462. The van der Waals surface area contributed by atoms with Gasteiger partial charge >= 0.3 is 6.09 Å². The lowest BCUT2D eigenvalue weighted by atomic mass is 10.2. The van der Waals surface area contributed by atoms with E-state index in [0.717, 1.165) is 28.9 Å². The van der Waals surface area contributed by atoms with E-state index in [4.69, 9.17) is 10.5 Å². The monoisotopic (exact) mass is 327 g/mol. The summed E-state index contributed by atoms with van der Waals surface area (Å²) in [6.45, 7) is 5.18. The predicted octanol–water partition coefficient (Wildman–Crippen LogP) is 2.31. The average Bonchev–Trinajstić information content (AvgIpc) is 2.39. The third kappa shape index (κ3) is 3.32. The van der Waals surface area contributed by atoms with E-state index in [2.05, 4.69) is 20.8 Å². The Morgan fingerprint density at radius 3 is 2.63 bits per heavy atom. The number of piperazine rings is 1. The molecule has 0 aromatic heterocycles. The molecule has 1 amide bonds. The highest BCUT2D eigenvalue weighted by molar-refractivity contribution is 9.10. The molecule has 1 aliphatic rings. The molecule has 1 aromatic rings. The molecule has 0 radical (unpaired) electrons. The maximum absolute atomic E-state index is 11.6. The van der Waals surface area contributed by atoms with Gasteiger partial charge < -0.3 is 20.3 Å². The van der Waals surface area contributed by atoms with Gasteiger partial charge in [0.25, 0.3) is 0 Å². The van der Waals surface area contributed by atoms with Crippen LogP contribution in [0.1, 0.15) is 6.92 Å². The van der Waals surface area contributed by atoms with Crippen LogP contribution in [0.25, 0.3) is 0 Å². The highest BCUT2D eigenvalue weighted by Gasteiger charge is 2.22. The van der Waals surface area contributed by atoms with Crippen LogP contribution >= 0.6 is 15.9 Å². The Morgan fingerprint density at radius 2 is 2.05 bits per heavy atom. The van der Waals surface area contributed by atoms with Gasteiger partial charge in [0.1, 0.15) is 0 Å². The second-order valence-electron chi connectivity index (χ2n) is 4.38. The number of amides is 1. The maximum atomic E-state index is 11.6. The van der Waals surface area contributed by atoms with Crippen molar-refractivity contribution in [1.82, 2.24) is 4.90 Å². The Morgan fingerprint density at radius 1 is 1.37 bits per heavy atom. The first kappa shape index (κ1) is 14.0. The fourth-order valence-electron chi connectivity index (χ4n) is 2.12. The van der Waals surface area contributed by atoms with Crippen LogP contribution in [0.2, 0.25) is 0 Å². The summed E-state index contributed by atoms with van der Waals surface area (Å²) in [6.07, 6.45) is -0.224. The van der Waals surface area contributed by atoms with Crippen LogP contribution in [-0.2, 0) is 4.74 Å². The summed E-state index contributed by atoms with van der Waals surface area (Å²) in [4.78, 5) is 15.6. The number of carbonyl (C=O) groups excluding carboxylic acids is 1. The molecule has 6 heteroatoms. The molecule has 2 rings (SSSR count). The van der Waals surface area contributed by atoms with Crippen molar-refractivity contribution in [2.75, 3.05) is 43.4 Å². The maximum Gasteiger partial charge on any atom is 0.409 e. The van der Waals surface area contributed by atoms with E-state index in [1.165, 1.54) is 0 Å². The Balaban J connectivity index is 1.98. The Kier molecular flexibility index (Phi) is 4.52. The summed E-state index contributed by atoms with van der Waals surface area (Å²) in [5, 5.41) is 0. The van der Waals surface area contributed by atoms with Crippen LogP contribution in [0.4, 0.5) is 16.2 Å². The molecule has 1 heterocycles. The second-order valence-corrected chi connectivity index (χ2v) is 5.24. The fourth-order valence-corrected chi connectivity index (χ4v) is 2.77. The number of halogens is 1. The number of hydrogen-bond acceptors (Lipinski definition) is 4. The number of rotatable bonds is 2. The number of nitrogens with zero attached hydrogens (tertiary/aromatic N) is 2. The Hall–Kier alpha value is -1.43. The van der Waals surface area contributed by atoms with E-state index in [-0.39, 0.29) is 6.09 Å². The largest absolute Gasteiger partial charge is 0.450 e. The number of nitrogen functional groups attached to an aromatic ring is 1. The van der Waals surface area contributed by atoms with Crippen molar-refractivity contribution in [1.29, 1.82) is 0 Å². The zero-order valence-electron chi connectivity index (χ0n) is 10.9. The third-order valence-electron chi connectivity index (χ3n) is 3.12. The molecule has 0 spiro atoms. The molecule has 1 aliphatic heterocycles. The lowest BCUT2D eigenvalue weighted by molar-refractivity contribution is 0.105. The zero-order valence-corrected chi connectivity index (χ0v) is 12.5. The van der Waals surface area contributed by atoms with Crippen molar-refractivity contribution in [3.63, 3.8) is 0 Å². The molecule has 0 unspecified atom stereocenters. The van der Waals surface area contributed by atoms with Crippen molar-refractivity contribution in [3.8, 4) is 0 Å². The molecule has 1 fully saturated rings. The van der Waals surface area contributed by atoms with E-state index < -0.39 is 0 Å². The standard InChI is InChI=1S/C13H18BrN3O2/c1-2-19-13(18)17-7-5-16(6-8-17)12-4-3-10(15)9-11(12)14/h3-4,9H,2,5-8,15H2,1H3. The van der Waals surface area contributed by atoms with E-state index in [9.17, 15) is 4.79 Å². The van der Waals surface area contributed by atoms with Gasteiger partial charge in [0.05, 0.1) is 12.3 Å². The van der Waals surface area contributed by atoms with Gasteiger partial charge in [-0.25, -0.2) is 4.79 Å². The molecule has 5 nitrogen and oxygen atoms in total. The SMILES string of the molecule is CCOC(=O)N1CCN(c2ccc(N)cc2Br)CC1. The van der Waals surface area contributed by atoms with Gasteiger partial charge in [0, 0.05) is 36.3 Å². The summed E-state index contributed by atoms with van der Waals surface area (Å²) in [7, 11) is 0. The summed E-state index contributed by atoms with van der Waals surface area (Å²) in [5.41, 5.74) is 7.58. The third-order valence-corrected chi connectivity index (χ3v) is 3.75. The van der Waals surface area contributed by atoms with E-state index in [1.807, 2.05) is 25.1 Å². The number of carbonyl (C=O) groups is 1. The lowest BCUT2D eigenvalue weighted by Gasteiger charge is -2.35. The molecule has 104 valence electrons. The molecule has 0 bridgehead atoms. The number of ether oxygens (including phenoxy) is 1. The summed E-state index contributed by atoms with van der Waals surface area (Å²) < 4.78 is 5.99. The molecule has 2 N–H and O–H groups in total. The topological polar surface area (TPSA) is 58.8 Å². The van der Waals surface area contributed by atoms with Crippen LogP contribution in [0.5, 0.6) is 0 Å². The number of benzene rings is 1. The second kappa shape index (κ2) is 6.14. The summed E-state index contributed by atoms with van der Waals surface area (Å²) in [6, 6.07) is 5.78. The first-order chi connectivity index (χ1) is 9.11. The zero-order chi connectivity index (χ0) is 13.8. The molecular formula is C13H18BrN3O2. The molecule has 0 aliphatic carbocycles. The van der Waals surface area contributed by atoms with E-state index in [0.29, 0.717) is 19.7 Å². The number of hydrogen-bond donors (Lipinski definition) is 1. The minimum absolute atomic E-state index is 0.224. The first-order valence-corrected chi connectivity index (χ1v) is 7.12. The number of anilines is 2. The van der Waals surface area contributed by atoms with Crippen molar-refractivity contribution in [2.45, 2.75) is 6.92 Å². The predicted molar refractivity (Wildman–Crippen MR) is 79.4 cm³/mol. The number of nitrogens with two attached hydrogens (primary N) is 1. The Labute approximate surface area is 121 Å². The van der Waals surface area contributed by atoms with Crippen molar-refractivity contribution in [3.05, 3.63) is 22.7 Å². The molecular weight excluding hydrogens is 310 g/mol. The van der Waals surface area contributed by atoms with Gasteiger partial charge in [0.2, 0.25) is 0 Å².